The second-order valence-electron chi connectivity index (χ2n) is 16.5. The van der Waals surface area contributed by atoms with Gasteiger partial charge in [-0.25, -0.2) is 0 Å². The van der Waals surface area contributed by atoms with Crippen LogP contribution in [-0.2, 0) is 10.8 Å². The van der Waals surface area contributed by atoms with E-state index in [1.165, 1.54) is 77.9 Å². The monoisotopic (exact) mass is 753 g/mol. The molecule has 0 saturated carbocycles. The standard InChI is InChI=1S/C58H43N/c1-57(2)53-30-14-12-28-49(53)51-35-33-48(39-55(51)57)59(46-26-16-20-41(36-46)40-18-6-3-7-19-40)47-27-17-21-42(37-47)43-32-34-52-50-29-13-15-31-54(50)58(56(52)38-43,44-22-8-4-9-23-44)45-24-10-5-11-25-45/h3-39H,1-2H3. The lowest BCUT2D eigenvalue weighted by atomic mass is 9.67. The van der Waals surface area contributed by atoms with Crippen LogP contribution < -0.4 is 4.90 Å². The highest BCUT2D eigenvalue weighted by molar-refractivity contribution is 5.90. The maximum absolute atomic E-state index is 2.46. The number of anilines is 3. The summed E-state index contributed by atoms with van der Waals surface area (Å²) in [6.07, 6.45) is 0. The Morgan fingerprint density at radius 2 is 0.729 bits per heavy atom. The van der Waals surface area contributed by atoms with Crippen LogP contribution in [0.15, 0.2) is 224 Å². The lowest BCUT2D eigenvalue weighted by Gasteiger charge is -2.34. The zero-order valence-electron chi connectivity index (χ0n) is 33.3. The van der Waals surface area contributed by atoms with Gasteiger partial charge in [-0.15, -0.1) is 0 Å². The van der Waals surface area contributed by atoms with Gasteiger partial charge >= 0.3 is 0 Å². The summed E-state index contributed by atoms with van der Waals surface area (Å²) in [6, 6.07) is 83.0. The summed E-state index contributed by atoms with van der Waals surface area (Å²) in [6.45, 7) is 4.72. The Morgan fingerprint density at radius 1 is 0.288 bits per heavy atom. The average molecular weight is 754 g/mol. The van der Waals surface area contributed by atoms with Gasteiger partial charge < -0.3 is 4.90 Å². The Kier molecular flexibility index (Phi) is 8.13. The number of benzene rings is 9. The molecule has 2 aliphatic rings. The van der Waals surface area contributed by atoms with E-state index in [1.807, 2.05) is 0 Å². The van der Waals surface area contributed by atoms with Gasteiger partial charge in [-0.1, -0.05) is 196 Å². The van der Waals surface area contributed by atoms with Gasteiger partial charge in [0.1, 0.15) is 0 Å². The van der Waals surface area contributed by atoms with Crippen LogP contribution >= 0.6 is 0 Å². The Bertz CT molecular complexity index is 2970. The molecule has 0 atom stereocenters. The van der Waals surface area contributed by atoms with Crippen molar-refractivity contribution < 1.29 is 0 Å². The molecule has 0 aliphatic heterocycles. The van der Waals surface area contributed by atoms with Crippen molar-refractivity contribution in [2.24, 2.45) is 0 Å². The molecule has 0 heterocycles. The van der Waals surface area contributed by atoms with E-state index in [4.69, 9.17) is 0 Å². The molecular weight excluding hydrogens is 711 g/mol. The van der Waals surface area contributed by atoms with Crippen LogP contribution in [0.1, 0.15) is 47.2 Å². The fourth-order valence-electron chi connectivity index (χ4n) is 10.2. The molecule has 11 rings (SSSR count). The van der Waals surface area contributed by atoms with Gasteiger partial charge in [-0.2, -0.15) is 0 Å². The number of hydrogen-bond acceptors (Lipinski definition) is 1. The third-order valence-electron chi connectivity index (χ3n) is 12.9. The van der Waals surface area contributed by atoms with Crippen molar-refractivity contribution in [1.29, 1.82) is 0 Å². The zero-order chi connectivity index (χ0) is 39.6. The summed E-state index contributed by atoms with van der Waals surface area (Å²) < 4.78 is 0. The smallest absolute Gasteiger partial charge is 0.0713 e. The molecule has 0 bridgehead atoms. The fourth-order valence-corrected chi connectivity index (χ4v) is 10.2. The van der Waals surface area contributed by atoms with Crippen molar-refractivity contribution in [3.05, 3.63) is 258 Å². The van der Waals surface area contributed by atoms with Crippen molar-refractivity contribution in [2.45, 2.75) is 24.7 Å². The highest BCUT2D eigenvalue weighted by Crippen LogP contribution is 2.57. The molecule has 9 aromatic carbocycles. The topological polar surface area (TPSA) is 3.24 Å². The van der Waals surface area contributed by atoms with Gasteiger partial charge in [0.15, 0.2) is 0 Å². The summed E-state index contributed by atoms with van der Waals surface area (Å²) in [5.74, 6) is 0. The Hall–Kier alpha value is -7.22. The summed E-state index contributed by atoms with van der Waals surface area (Å²) in [5.41, 5.74) is 20.7. The molecular formula is C58H43N. The zero-order valence-corrected chi connectivity index (χ0v) is 33.3. The van der Waals surface area contributed by atoms with Crippen LogP contribution in [0, 0.1) is 0 Å². The number of hydrogen-bond donors (Lipinski definition) is 0. The fraction of sp³-hybridized carbons (Fsp3) is 0.0690. The van der Waals surface area contributed by atoms with Gasteiger partial charge in [0.05, 0.1) is 5.41 Å². The van der Waals surface area contributed by atoms with E-state index in [0.29, 0.717) is 0 Å². The van der Waals surface area contributed by atoms with E-state index < -0.39 is 5.41 Å². The van der Waals surface area contributed by atoms with Crippen molar-refractivity contribution in [3.8, 4) is 44.5 Å². The largest absolute Gasteiger partial charge is 0.310 e. The van der Waals surface area contributed by atoms with Crippen LogP contribution in [0.5, 0.6) is 0 Å². The molecule has 0 aromatic heterocycles. The van der Waals surface area contributed by atoms with Gasteiger partial charge in [-0.05, 0) is 120 Å². The van der Waals surface area contributed by atoms with Gasteiger partial charge in [0.2, 0.25) is 0 Å². The molecule has 9 aromatic rings. The third-order valence-corrected chi connectivity index (χ3v) is 12.9. The van der Waals surface area contributed by atoms with Crippen molar-refractivity contribution in [3.63, 3.8) is 0 Å². The second kappa shape index (κ2) is 13.7. The minimum atomic E-state index is -0.458. The van der Waals surface area contributed by atoms with Gasteiger partial charge in [0, 0.05) is 22.5 Å². The van der Waals surface area contributed by atoms with Crippen LogP contribution in [0.25, 0.3) is 44.5 Å². The normalized spacial score (nSPS) is 13.9. The van der Waals surface area contributed by atoms with Crippen molar-refractivity contribution in [1.82, 2.24) is 0 Å². The molecule has 0 radical (unpaired) electrons. The maximum Gasteiger partial charge on any atom is 0.0713 e. The van der Waals surface area contributed by atoms with Crippen LogP contribution in [0.2, 0.25) is 0 Å². The number of nitrogens with zero attached hydrogens (tertiary/aromatic N) is 1. The van der Waals surface area contributed by atoms with Crippen molar-refractivity contribution in [2.75, 3.05) is 4.90 Å². The lowest BCUT2D eigenvalue weighted by molar-refractivity contribution is 0.660. The van der Waals surface area contributed by atoms with Gasteiger partial charge in [-0.3, -0.25) is 0 Å². The molecule has 2 aliphatic carbocycles. The van der Waals surface area contributed by atoms with Crippen LogP contribution in [-0.4, -0.2) is 0 Å². The maximum atomic E-state index is 2.46. The SMILES string of the molecule is CC1(C)c2ccccc2-c2ccc(N(c3cccc(-c4ccccc4)c3)c3cccc(-c4ccc5c(c4)C(c4ccccc4)(c4ccccc4)c4ccccc4-5)c3)cc21. The lowest BCUT2D eigenvalue weighted by Crippen LogP contribution is -2.28. The molecule has 280 valence electrons. The molecule has 0 spiro atoms. The Morgan fingerprint density at radius 3 is 1.37 bits per heavy atom. The summed E-state index contributed by atoms with van der Waals surface area (Å²) in [7, 11) is 0. The van der Waals surface area contributed by atoms with E-state index in [-0.39, 0.29) is 5.41 Å². The minimum absolute atomic E-state index is 0.118. The van der Waals surface area contributed by atoms with E-state index in [0.717, 1.165) is 17.1 Å². The molecule has 59 heavy (non-hydrogen) atoms. The first kappa shape index (κ1) is 35.0. The van der Waals surface area contributed by atoms with Crippen LogP contribution in [0.4, 0.5) is 17.1 Å². The van der Waals surface area contributed by atoms with Gasteiger partial charge in [0.25, 0.3) is 0 Å². The van der Waals surface area contributed by atoms with E-state index in [9.17, 15) is 0 Å². The first-order chi connectivity index (χ1) is 29.0. The first-order valence-corrected chi connectivity index (χ1v) is 20.7. The van der Waals surface area contributed by atoms with E-state index >= 15 is 0 Å². The predicted molar refractivity (Wildman–Crippen MR) is 247 cm³/mol. The summed E-state index contributed by atoms with van der Waals surface area (Å²) in [5, 5.41) is 0. The summed E-state index contributed by atoms with van der Waals surface area (Å²) in [4.78, 5) is 2.44. The highest BCUT2D eigenvalue weighted by Gasteiger charge is 2.46. The number of rotatable bonds is 7. The Labute approximate surface area is 347 Å². The molecule has 0 fully saturated rings. The molecule has 1 heteroatoms. The minimum Gasteiger partial charge on any atom is -0.310 e. The number of fused-ring (bicyclic) bond motifs is 6. The Balaban J connectivity index is 1.09. The molecule has 0 N–H and O–H groups in total. The first-order valence-electron chi connectivity index (χ1n) is 20.7. The van der Waals surface area contributed by atoms with Crippen LogP contribution in [0.3, 0.4) is 0 Å². The highest BCUT2D eigenvalue weighted by atomic mass is 15.1. The third kappa shape index (κ3) is 5.46. The second-order valence-corrected chi connectivity index (χ2v) is 16.5. The molecule has 0 amide bonds. The average Bonchev–Trinajstić information content (AvgIpc) is 3.73. The molecule has 0 unspecified atom stereocenters. The molecule has 0 saturated heterocycles. The quantitative estimate of drug-likeness (QED) is 0.157. The summed E-state index contributed by atoms with van der Waals surface area (Å²) >= 11 is 0. The van der Waals surface area contributed by atoms with E-state index in [2.05, 4.69) is 243 Å². The van der Waals surface area contributed by atoms with Crippen molar-refractivity contribution >= 4 is 17.1 Å². The predicted octanol–water partition coefficient (Wildman–Crippen LogP) is 15.2. The molecule has 1 nitrogen and oxygen atoms in total. The van der Waals surface area contributed by atoms with E-state index in [1.54, 1.807) is 0 Å².